The molecule has 1 atom stereocenters. The average Bonchev–Trinajstić information content (AvgIpc) is 3.33. The number of carbonyl (C=O) groups is 1. The van der Waals surface area contributed by atoms with Gasteiger partial charge < -0.3 is 15.5 Å². The molecule has 2 aromatic rings. The summed E-state index contributed by atoms with van der Waals surface area (Å²) in [5, 5.41) is 11.2. The number of halogens is 1. The van der Waals surface area contributed by atoms with Crippen molar-refractivity contribution in [2.45, 2.75) is 51.6 Å². The number of rotatable bonds is 5. The van der Waals surface area contributed by atoms with Crippen LogP contribution in [0.5, 0.6) is 0 Å². The first-order valence-corrected chi connectivity index (χ1v) is 10.4. The molecule has 2 aliphatic heterocycles. The first kappa shape index (κ1) is 22.5. The summed E-state index contributed by atoms with van der Waals surface area (Å²) in [6.45, 7) is 4.32. The molecule has 30 heavy (non-hydrogen) atoms. The molecule has 2 N–H and O–H groups in total. The molecule has 0 radical (unpaired) electrons. The number of guanidine groups is 1. The molecule has 1 amide bonds. The number of amides is 1. The summed E-state index contributed by atoms with van der Waals surface area (Å²) < 4.78 is 1.98. The van der Waals surface area contributed by atoms with Crippen LogP contribution in [0.1, 0.15) is 48.9 Å². The number of fused-ring (bicyclic) bond motifs is 2. The molecule has 0 spiro atoms. The third-order valence-corrected chi connectivity index (χ3v) is 5.56. The summed E-state index contributed by atoms with van der Waals surface area (Å²) in [5.41, 5.74) is 2.33. The van der Waals surface area contributed by atoms with E-state index in [2.05, 4.69) is 31.8 Å². The highest BCUT2D eigenvalue weighted by Crippen LogP contribution is 2.28. The quantitative estimate of drug-likeness (QED) is 0.272. The smallest absolute Gasteiger partial charge is 0.227 e. The van der Waals surface area contributed by atoms with Crippen molar-refractivity contribution >= 4 is 41.5 Å². The highest BCUT2D eigenvalue weighted by atomic mass is 127. The summed E-state index contributed by atoms with van der Waals surface area (Å²) in [7, 11) is 1.76. The normalized spacial score (nSPS) is 17.7. The maximum Gasteiger partial charge on any atom is 0.227 e. The third-order valence-electron chi connectivity index (χ3n) is 5.56. The van der Waals surface area contributed by atoms with Crippen LogP contribution in [0, 0.1) is 6.92 Å². The van der Waals surface area contributed by atoms with E-state index in [0.29, 0.717) is 13.0 Å². The van der Waals surface area contributed by atoms with E-state index in [9.17, 15) is 4.79 Å². The van der Waals surface area contributed by atoms with Crippen molar-refractivity contribution in [2.75, 3.05) is 25.0 Å². The molecule has 0 saturated carbocycles. The van der Waals surface area contributed by atoms with Crippen molar-refractivity contribution in [1.82, 2.24) is 25.4 Å². The van der Waals surface area contributed by atoms with E-state index in [4.69, 9.17) is 0 Å². The van der Waals surface area contributed by atoms with Gasteiger partial charge in [-0.25, -0.2) is 9.67 Å². The first-order chi connectivity index (χ1) is 14.2. The molecule has 0 aliphatic carbocycles. The first-order valence-electron chi connectivity index (χ1n) is 10.4. The molecule has 0 bridgehead atoms. The lowest BCUT2D eigenvalue weighted by Gasteiger charge is -2.25. The van der Waals surface area contributed by atoms with Crippen LogP contribution in [0.2, 0.25) is 0 Å². The summed E-state index contributed by atoms with van der Waals surface area (Å²) in [5.74, 6) is 2.71. The van der Waals surface area contributed by atoms with Gasteiger partial charge in [-0.05, 0) is 44.2 Å². The van der Waals surface area contributed by atoms with Crippen LogP contribution in [-0.4, -0.2) is 46.8 Å². The number of para-hydroxylation sites is 1. The Morgan fingerprint density at radius 3 is 2.97 bits per heavy atom. The summed E-state index contributed by atoms with van der Waals surface area (Å²) in [4.78, 5) is 23.4. The summed E-state index contributed by atoms with van der Waals surface area (Å²) >= 11 is 0. The monoisotopic (exact) mass is 523 g/mol. The predicted octanol–water partition coefficient (Wildman–Crippen LogP) is 2.57. The Morgan fingerprint density at radius 1 is 1.30 bits per heavy atom. The molecule has 8 nitrogen and oxygen atoms in total. The van der Waals surface area contributed by atoms with Crippen LogP contribution in [0.3, 0.4) is 0 Å². The fourth-order valence-corrected chi connectivity index (χ4v) is 4.14. The molecular weight excluding hydrogens is 493 g/mol. The molecule has 3 heterocycles. The Kier molecular flexibility index (Phi) is 7.68. The Hall–Kier alpha value is -2.17. The Morgan fingerprint density at radius 2 is 2.13 bits per heavy atom. The van der Waals surface area contributed by atoms with Gasteiger partial charge in [-0.2, -0.15) is 5.10 Å². The lowest BCUT2D eigenvalue weighted by molar-refractivity contribution is -0.118. The number of aliphatic imine (C=N–C) groups is 1. The molecule has 1 aromatic heterocycles. The second kappa shape index (κ2) is 10.2. The number of benzene rings is 1. The maximum absolute atomic E-state index is 12.6. The number of nitrogens with zero attached hydrogens (tertiary/aromatic N) is 5. The zero-order chi connectivity index (χ0) is 20.2. The van der Waals surface area contributed by atoms with E-state index in [1.807, 2.05) is 34.7 Å². The number of carbonyl (C=O) groups excluding carboxylic acids is 1. The number of hydrogen-bond donors (Lipinski definition) is 2. The van der Waals surface area contributed by atoms with Gasteiger partial charge in [0.05, 0.1) is 6.04 Å². The number of aromatic nitrogens is 3. The maximum atomic E-state index is 12.6. The van der Waals surface area contributed by atoms with Crippen LogP contribution in [-0.2, 0) is 17.8 Å². The second-order valence-corrected chi connectivity index (χ2v) is 7.61. The van der Waals surface area contributed by atoms with Crippen LogP contribution >= 0.6 is 24.0 Å². The molecular formula is C21H30IN7O. The molecule has 4 rings (SSSR count). The summed E-state index contributed by atoms with van der Waals surface area (Å²) in [6, 6.07) is 8.28. The largest absolute Gasteiger partial charge is 0.356 e. The van der Waals surface area contributed by atoms with Crippen molar-refractivity contribution < 1.29 is 4.79 Å². The second-order valence-electron chi connectivity index (χ2n) is 7.61. The standard InChI is InChI=1S/C21H29N7O.HI/c1-15-24-20-17(8-6-13-28(20)26-15)25-21(22-2)23-12-5-10-19(29)27-14-11-16-7-3-4-9-18(16)27;/h3-4,7,9,17H,5-6,8,10-14H2,1-2H3,(H2,22,23,25);1H. The highest BCUT2D eigenvalue weighted by Gasteiger charge is 2.25. The van der Waals surface area contributed by atoms with Crippen molar-refractivity contribution in [3.8, 4) is 0 Å². The Bertz CT molecular complexity index is 911. The zero-order valence-corrected chi connectivity index (χ0v) is 19.9. The van der Waals surface area contributed by atoms with Gasteiger partial charge >= 0.3 is 0 Å². The molecule has 1 unspecified atom stereocenters. The van der Waals surface area contributed by atoms with Gasteiger partial charge in [0.25, 0.3) is 0 Å². The van der Waals surface area contributed by atoms with Crippen LogP contribution in [0.25, 0.3) is 0 Å². The minimum absolute atomic E-state index is 0. The number of aryl methyl sites for hydroxylation is 2. The van der Waals surface area contributed by atoms with E-state index >= 15 is 0 Å². The highest BCUT2D eigenvalue weighted by molar-refractivity contribution is 14.0. The fraction of sp³-hybridized carbons (Fsp3) is 0.524. The SMILES string of the molecule is CN=C(NCCCC(=O)N1CCc2ccccc21)NC1CCCn2nc(C)nc21.I. The lowest BCUT2D eigenvalue weighted by atomic mass is 10.1. The Labute approximate surface area is 194 Å². The van der Waals surface area contributed by atoms with Crippen LogP contribution in [0.4, 0.5) is 5.69 Å². The molecule has 9 heteroatoms. The third kappa shape index (κ3) is 4.93. The molecule has 0 fully saturated rings. The van der Waals surface area contributed by atoms with Gasteiger partial charge in [-0.15, -0.1) is 24.0 Å². The van der Waals surface area contributed by atoms with Crippen LogP contribution in [0.15, 0.2) is 29.3 Å². The van der Waals surface area contributed by atoms with E-state index < -0.39 is 0 Å². The van der Waals surface area contributed by atoms with Crippen molar-refractivity contribution in [3.63, 3.8) is 0 Å². The topological polar surface area (TPSA) is 87.4 Å². The number of hydrogen-bond acceptors (Lipinski definition) is 4. The zero-order valence-electron chi connectivity index (χ0n) is 17.6. The van der Waals surface area contributed by atoms with Crippen molar-refractivity contribution in [1.29, 1.82) is 0 Å². The van der Waals surface area contributed by atoms with Gasteiger partial charge in [0, 0.05) is 38.8 Å². The molecule has 0 saturated heterocycles. The van der Waals surface area contributed by atoms with Gasteiger partial charge in [-0.1, -0.05) is 18.2 Å². The predicted molar refractivity (Wildman–Crippen MR) is 128 cm³/mol. The van der Waals surface area contributed by atoms with Gasteiger partial charge in [0.15, 0.2) is 5.96 Å². The van der Waals surface area contributed by atoms with Gasteiger partial charge in [0.2, 0.25) is 5.91 Å². The molecule has 162 valence electrons. The number of nitrogens with one attached hydrogen (secondary N) is 2. The van der Waals surface area contributed by atoms with E-state index in [0.717, 1.165) is 62.1 Å². The lowest BCUT2D eigenvalue weighted by Crippen LogP contribution is -2.42. The fourth-order valence-electron chi connectivity index (χ4n) is 4.14. The van der Waals surface area contributed by atoms with Crippen LogP contribution < -0.4 is 15.5 Å². The van der Waals surface area contributed by atoms with E-state index in [1.54, 1.807) is 7.05 Å². The van der Waals surface area contributed by atoms with Crippen molar-refractivity contribution in [3.05, 3.63) is 41.5 Å². The minimum atomic E-state index is 0. The average molecular weight is 523 g/mol. The van der Waals surface area contributed by atoms with Crippen molar-refractivity contribution in [2.24, 2.45) is 4.99 Å². The number of anilines is 1. The van der Waals surface area contributed by atoms with E-state index in [-0.39, 0.29) is 35.9 Å². The molecule has 1 aromatic carbocycles. The summed E-state index contributed by atoms with van der Waals surface area (Å²) in [6.07, 6.45) is 4.30. The molecule has 2 aliphatic rings. The van der Waals surface area contributed by atoms with E-state index in [1.165, 1.54) is 5.56 Å². The Balaban J connectivity index is 0.00000256. The van der Waals surface area contributed by atoms with Gasteiger partial charge in [-0.3, -0.25) is 9.79 Å². The van der Waals surface area contributed by atoms with Gasteiger partial charge in [0.1, 0.15) is 11.6 Å². The minimum Gasteiger partial charge on any atom is -0.356 e.